The van der Waals surface area contributed by atoms with Crippen LogP contribution in [-0.2, 0) is 5.41 Å². The Morgan fingerprint density at radius 2 is 1.09 bits per heavy atom. The monoisotopic (exact) mass is 567 g/mol. The molecule has 0 radical (unpaired) electrons. The Bertz CT molecular complexity index is 2380. The Labute approximate surface area is 255 Å². The molecule has 204 valence electrons. The van der Waals surface area contributed by atoms with Crippen LogP contribution in [0.2, 0.25) is 0 Å². The molecule has 1 heterocycles. The second-order valence-electron chi connectivity index (χ2n) is 12.1. The normalized spacial score (nSPS) is 13.5. The van der Waals surface area contributed by atoms with Crippen molar-refractivity contribution in [1.82, 2.24) is 0 Å². The number of para-hydroxylation sites is 1. The molecule has 0 N–H and O–H groups in total. The summed E-state index contributed by atoms with van der Waals surface area (Å²) in [6, 6.07) is 51.4. The lowest BCUT2D eigenvalue weighted by Crippen LogP contribution is -2.16. The van der Waals surface area contributed by atoms with E-state index < -0.39 is 0 Å². The zero-order valence-electron chi connectivity index (χ0n) is 24.1. The SMILES string of the molecule is CC1(C)c2ccccc2-c2ccc(N(c3ccccc3)c3cccc4c3sc3c5ccccc5c5ccccc5c43)cc21. The van der Waals surface area contributed by atoms with Crippen LogP contribution in [-0.4, -0.2) is 0 Å². The smallest absolute Gasteiger partial charge is 0.0640 e. The molecule has 0 aliphatic heterocycles. The molecule has 1 nitrogen and oxygen atoms in total. The van der Waals surface area contributed by atoms with Crippen molar-refractivity contribution < 1.29 is 0 Å². The summed E-state index contributed by atoms with van der Waals surface area (Å²) < 4.78 is 2.67. The van der Waals surface area contributed by atoms with Crippen LogP contribution in [0, 0.1) is 0 Å². The van der Waals surface area contributed by atoms with Crippen molar-refractivity contribution in [3.63, 3.8) is 0 Å². The minimum atomic E-state index is -0.0637. The number of rotatable bonds is 3. The maximum Gasteiger partial charge on any atom is 0.0640 e. The molecule has 0 atom stereocenters. The standard InChI is InChI=1S/C41H29NS/c1-41(2)35-21-11-10-17-30(35)31-24-23-27(25-36(31)41)42(26-13-4-3-5-14-26)37-22-12-20-34-38-32-18-8-6-15-28(32)29-16-7-9-19-33(29)40(38)43-39(34)37/h3-25H,1-2H3. The molecule has 9 rings (SSSR count). The van der Waals surface area contributed by atoms with Gasteiger partial charge in [0.05, 0.1) is 10.4 Å². The lowest BCUT2D eigenvalue weighted by molar-refractivity contribution is 0.660. The second kappa shape index (κ2) is 9.04. The predicted molar refractivity (Wildman–Crippen MR) is 187 cm³/mol. The third-order valence-electron chi connectivity index (χ3n) is 9.43. The predicted octanol–water partition coefficient (Wildman–Crippen LogP) is 12.1. The summed E-state index contributed by atoms with van der Waals surface area (Å²) in [5.74, 6) is 0. The molecule has 0 fully saturated rings. The van der Waals surface area contributed by atoms with Crippen molar-refractivity contribution >= 4 is 70.1 Å². The van der Waals surface area contributed by atoms with Gasteiger partial charge in [-0.05, 0) is 68.7 Å². The second-order valence-corrected chi connectivity index (χ2v) is 13.1. The molecular formula is C41H29NS. The van der Waals surface area contributed by atoms with Crippen molar-refractivity contribution in [1.29, 1.82) is 0 Å². The molecule has 0 bridgehead atoms. The molecule has 43 heavy (non-hydrogen) atoms. The molecular weight excluding hydrogens is 539 g/mol. The molecule has 2 heteroatoms. The highest BCUT2D eigenvalue weighted by Gasteiger charge is 2.35. The van der Waals surface area contributed by atoms with E-state index in [-0.39, 0.29) is 5.41 Å². The summed E-state index contributed by atoms with van der Waals surface area (Å²) in [7, 11) is 0. The lowest BCUT2D eigenvalue weighted by atomic mass is 9.82. The molecule has 8 aromatic rings. The summed E-state index contributed by atoms with van der Waals surface area (Å²) in [6.07, 6.45) is 0. The molecule has 0 saturated carbocycles. The summed E-state index contributed by atoms with van der Waals surface area (Å²) in [5.41, 5.74) is 8.98. The number of thiophene rings is 1. The number of anilines is 3. The molecule has 1 aliphatic carbocycles. The number of hydrogen-bond donors (Lipinski definition) is 0. The minimum Gasteiger partial charge on any atom is -0.309 e. The number of benzene rings is 7. The zero-order chi connectivity index (χ0) is 28.7. The first-order valence-corrected chi connectivity index (χ1v) is 15.8. The van der Waals surface area contributed by atoms with Crippen molar-refractivity contribution in [3.05, 3.63) is 151 Å². The fraction of sp³-hybridized carbons (Fsp3) is 0.0732. The largest absolute Gasteiger partial charge is 0.309 e. The molecule has 1 aliphatic rings. The van der Waals surface area contributed by atoms with Gasteiger partial charge in [-0.15, -0.1) is 11.3 Å². The Hall–Kier alpha value is -4.92. The fourth-order valence-electron chi connectivity index (χ4n) is 7.43. The Morgan fingerprint density at radius 3 is 1.91 bits per heavy atom. The quantitative estimate of drug-likeness (QED) is 0.192. The van der Waals surface area contributed by atoms with E-state index in [1.165, 1.54) is 75.3 Å². The first-order chi connectivity index (χ1) is 21.1. The van der Waals surface area contributed by atoms with Crippen LogP contribution in [0.5, 0.6) is 0 Å². The van der Waals surface area contributed by atoms with E-state index in [0.717, 1.165) is 5.69 Å². The molecule has 1 aromatic heterocycles. The van der Waals surface area contributed by atoms with Gasteiger partial charge in [0.25, 0.3) is 0 Å². The van der Waals surface area contributed by atoms with E-state index >= 15 is 0 Å². The highest BCUT2D eigenvalue weighted by Crippen LogP contribution is 2.52. The fourth-order valence-corrected chi connectivity index (χ4v) is 8.78. The Morgan fingerprint density at radius 1 is 0.465 bits per heavy atom. The van der Waals surface area contributed by atoms with E-state index in [0.29, 0.717) is 0 Å². The van der Waals surface area contributed by atoms with Crippen LogP contribution < -0.4 is 4.90 Å². The topological polar surface area (TPSA) is 3.24 Å². The van der Waals surface area contributed by atoms with E-state index in [4.69, 9.17) is 0 Å². The van der Waals surface area contributed by atoms with Gasteiger partial charge in [0.1, 0.15) is 0 Å². The molecule has 0 spiro atoms. The average molecular weight is 568 g/mol. The van der Waals surface area contributed by atoms with Crippen molar-refractivity contribution in [2.45, 2.75) is 19.3 Å². The minimum absolute atomic E-state index is 0.0637. The van der Waals surface area contributed by atoms with Gasteiger partial charge < -0.3 is 4.90 Å². The van der Waals surface area contributed by atoms with Crippen LogP contribution >= 0.6 is 11.3 Å². The summed E-state index contributed by atoms with van der Waals surface area (Å²) >= 11 is 1.92. The lowest BCUT2D eigenvalue weighted by Gasteiger charge is -2.28. The Kier molecular flexibility index (Phi) is 5.18. The number of hydrogen-bond acceptors (Lipinski definition) is 2. The summed E-state index contributed by atoms with van der Waals surface area (Å²) in [6.45, 7) is 4.72. The van der Waals surface area contributed by atoms with Gasteiger partial charge in [-0.25, -0.2) is 0 Å². The van der Waals surface area contributed by atoms with Gasteiger partial charge in [-0.1, -0.05) is 123 Å². The number of fused-ring (bicyclic) bond motifs is 11. The molecule has 0 saturated heterocycles. The maximum atomic E-state index is 2.46. The van der Waals surface area contributed by atoms with E-state index in [9.17, 15) is 0 Å². The van der Waals surface area contributed by atoms with Crippen LogP contribution in [0.25, 0.3) is 52.8 Å². The van der Waals surface area contributed by atoms with E-state index in [1.807, 2.05) is 11.3 Å². The summed E-state index contributed by atoms with van der Waals surface area (Å²) in [4.78, 5) is 2.46. The van der Waals surface area contributed by atoms with Gasteiger partial charge in [0, 0.05) is 37.6 Å². The van der Waals surface area contributed by atoms with Crippen molar-refractivity contribution in [2.24, 2.45) is 0 Å². The average Bonchev–Trinajstić information content (AvgIpc) is 3.56. The number of nitrogens with zero attached hydrogens (tertiary/aromatic N) is 1. The van der Waals surface area contributed by atoms with Crippen LogP contribution in [0.15, 0.2) is 140 Å². The molecule has 7 aromatic carbocycles. The molecule has 0 amide bonds. The van der Waals surface area contributed by atoms with Gasteiger partial charge in [-0.2, -0.15) is 0 Å². The van der Waals surface area contributed by atoms with Gasteiger partial charge in [0.15, 0.2) is 0 Å². The molecule has 0 unspecified atom stereocenters. The Balaban J connectivity index is 1.35. The maximum absolute atomic E-state index is 2.46. The van der Waals surface area contributed by atoms with Crippen LogP contribution in [0.1, 0.15) is 25.0 Å². The highest BCUT2D eigenvalue weighted by atomic mass is 32.1. The van der Waals surface area contributed by atoms with Crippen LogP contribution in [0.3, 0.4) is 0 Å². The van der Waals surface area contributed by atoms with Gasteiger partial charge >= 0.3 is 0 Å². The first kappa shape index (κ1) is 24.7. The zero-order valence-corrected chi connectivity index (χ0v) is 25.0. The third-order valence-corrected chi connectivity index (χ3v) is 10.7. The third kappa shape index (κ3) is 3.45. The van der Waals surface area contributed by atoms with E-state index in [1.54, 1.807) is 0 Å². The van der Waals surface area contributed by atoms with Gasteiger partial charge in [0.2, 0.25) is 0 Å². The van der Waals surface area contributed by atoms with E-state index in [2.05, 4.69) is 158 Å². The summed E-state index contributed by atoms with van der Waals surface area (Å²) in [5, 5.41) is 7.95. The first-order valence-electron chi connectivity index (χ1n) is 15.0. The van der Waals surface area contributed by atoms with Crippen molar-refractivity contribution in [3.8, 4) is 11.1 Å². The van der Waals surface area contributed by atoms with Gasteiger partial charge in [-0.3, -0.25) is 0 Å². The highest BCUT2D eigenvalue weighted by molar-refractivity contribution is 7.27. The van der Waals surface area contributed by atoms with Crippen molar-refractivity contribution in [2.75, 3.05) is 4.90 Å². The van der Waals surface area contributed by atoms with Crippen LogP contribution in [0.4, 0.5) is 17.1 Å².